The molecule has 17 heavy (non-hydrogen) atoms. The van der Waals surface area contributed by atoms with E-state index in [9.17, 15) is 8.78 Å². The second-order valence-electron chi connectivity index (χ2n) is 3.29. The Labute approximate surface area is 118 Å². The Bertz CT molecular complexity index is 556. The van der Waals surface area contributed by atoms with Crippen molar-refractivity contribution in [2.45, 2.75) is 4.83 Å². The number of benzene rings is 1. The molecule has 0 N–H and O–H groups in total. The SMILES string of the molecule is Fc1cc(C(Br)c2ccc(Cl)o2)c(F)cc1Br. The topological polar surface area (TPSA) is 13.1 Å². The Balaban J connectivity index is 2.43. The second kappa shape index (κ2) is 5.08. The van der Waals surface area contributed by atoms with E-state index in [2.05, 4.69) is 31.9 Å². The largest absolute Gasteiger partial charge is 0.448 e. The normalized spacial score (nSPS) is 12.8. The first kappa shape index (κ1) is 13.1. The molecule has 2 rings (SSSR count). The summed E-state index contributed by atoms with van der Waals surface area (Å²) in [6, 6.07) is 5.32. The molecule has 1 unspecified atom stereocenters. The van der Waals surface area contributed by atoms with E-state index in [0.717, 1.165) is 12.1 Å². The van der Waals surface area contributed by atoms with Crippen LogP contribution in [0.2, 0.25) is 5.22 Å². The van der Waals surface area contributed by atoms with Gasteiger partial charge >= 0.3 is 0 Å². The van der Waals surface area contributed by atoms with Gasteiger partial charge in [-0.05, 0) is 51.8 Å². The zero-order valence-corrected chi connectivity index (χ0v) is 12.1. The van der Waals surface area contributed by atoms with Crippen molar-refractivity contribution in [2.75, 3.05) is 0 Å². The van der Waals surface area contributed by atoms with Gasteiger partial charge < -0.3 is 4.42 Å². The van der Waals surface area contributed by atoms with Crippen LogP contribution in [0.5, 0.6) is 0 Å². The van der Waals surface area contributed by atoms with Crippen molar-refractivity contribution in [1.29, 1.82) is 0 Å². The van der Waals surface area contributed by atoms with Gasteiger partial charge in [0.2, 0.25) is 0 Å². The molecule has 1 atom stereocenters. The number of furan rings is 1. The molecule has 90 valence electrons. The minimum Gasteiger partial charge on any atom is -0.448 e. The number of halogens is 5. The molecule has 1 nitrogen and oxygen atoms in total. The molecule has 0 aliphatic heterocycles. The highest BCUT2D eigenvalue weighted by Crippen LogP contribution is 2.36. The molecular weight excluding hydrogens is 381 g/mol. The van der Waals surface area contributed by atoms with Crippen molar-refractivity contribution in [3.8, 4) is 0 Å². The van der Waals surface area contributed by atoms with E-state index in [1.54, 1.807) is 6.07 Å². The molecule has 0 saturated carbocycles. The molecule has 1 heterocycles. The van der Waals surface area contributed by atoms with Gasteiger partial charge in [0.1, 0.15) is 22.2 Å². The lowest BCUT2D eigenvalue weighted by Gasteiger charge is -2.09. The van der Waals surface area contributed by atoms with Crippen LogP contribution in [0.4, 0.5) is 8.78 Å². The molecule has 1 aromatic heterocycles. The van der Waals surface area contributed by atoms with Crippen LogP contribution in [0.1, 0.15) is 16.2 Å². The maximum atomic E-state index is 13.7. The monoisotopic (exact) mass is 384 g/mol. The van der Waals surface area contributed by atoms with Crippen LogP contribution in [0, 0.1) is 11.6 Å². The first-order valence-corrected chi connectivity index (χ1v) is 6.61. The first-order valence-electron chi connectivity index (χ1n) is 4.53. The van der Waals surface area contributed by atoms with Crippen LogP contribution in [-0.2, 0) is 0 Å². The fourth-order valence-electron chi connectivity index (χ4n) is 1.35. The van der Waals surface area contributed by atoms with Crippen LogP contribution in [0.15, 0.2) is 33.2 Å². The van der Waals surface area contributed by atoms with Crippen molar-refractivity contribution in [3.63, 3.8) is 0 Å². The van der Waals surface area contributed by atoms with Crippen molar-refractivity contribution < 1.29 is 13.2 Å². The van der Waals surface area contributed by atoms with Crippen LogP contribution < -0.4 is 0 Å². The summed E-state index contributed by atoms with van der Waals surface area (Å²) in [5.41, 5.74) is 0.150. The molecule has 6 heteroatoms. The van der Waals surface area contributed by atoms with Gasteiger partial charge in [-0.25, -0.2) is 8.78 Å². The van der Waals surface area contributed by atoms with E-state index < -0.39 is 16.5 Å². The highest BCUT2D eigenvalue weighted by molar-refractivity contribution is 9.10. The number of hydrogen-bond acceptors (Lipinski definition) is 1. The molecule has 2 aromatic rings. The van der Waals surface area contributed by atoms with Gasteiger partial charge in [0.15, 0.2) is 5.22 Å². The Morgan fingerprint density at radius 1 is 1.18 bits per heavy atom. The zero-order valence-electron chi connectivity index (χ0n) is 8.18. The fraction of sp³-hybridized carbons (Fsp3) is 0.0909. The minimum absolute atomic E-state index is 0.0796. The Morgan fingerprint density at radius 3 is 2.47 bits per heavy atom. The van der Waals surface area contributed by atoms with Gasteiger partial charge in [-0.3, -0.25) is 0 Å². The highest BCUT2D eigenvalue weighted by atomic mass is 79.9. The lowest BCUT2D eigenvalue weighted by Crippen LogP contribution is -1.97. The third-order valence-corrected chi connectivity index (χ3v) is 3.91. The molecule has 0 bridgehead atoms. The van der Waals surface area contributed by atoms with E-state index >= 15 is 0 Å². The highest BCUT2D eigenvalue weighted by Gasteiger charge is 2.20. The second-order valence-corrected chi connectivity index (χ2v) is 5.43. The van der Waals surface area contributed by atoms with Crippen molar-refractivity contribution in [2.24, 2.45) is 0 Å². The lowest BCUT2D eigenvalue weighted by molar-refractivity contribution is 0.513. The molecule has 0 saturated heterocycles. The Hall–Kier alpha value is -0.390. The molecule has 0 aliphatic rings. The van der Waals surface area contributed by atoms with Crippen LogP contribution in [0.3, 0.4) is 0 Å². The average Bonchev–Trinajstić information content (AvgIpc) is 2.69. The summed E-state index contributed by atoms with van der Waals surface area (Å²) in [4.78, 5) is -0.586. The van der Waals surface area contributed by atoms with Gasteiger partial charge in [0.05, 0.1) is 4.47 Å². The Kier molecular flexibility index (Phi) is 3.90. The smallest absolute Gasteiger partial charge is 0.193 e. The third-order valence-electron chi connectivity index (χ3n) is 2.16. The number of alkyl halides is 1. The molecule has 0 fully saturated rings. The van der Waals surface area contributed by atoms with Crippen LogP contribution in [-0.4, -0.2) is 0 Å². The molecule has 0 spiro atoms. The van der Waals surface area contributed by atoms with E-state index in [0.29, 0.717) is 5.76 Å². The third kappa shape index (κ3) is 2.72. The first-order chi connectivity index (χ1) is 7.99. The van der Waals surface area contributed by atoms with Gasteiger partial charge in [0, 0.05) is 5.56 Å². The molecular formula is C11H5Br2ClF2O. The van der Waals surface area contributed by atoms with E-state index in [4.69, 9.17) is 16.0 Å². The molecule has 1 aromatic carbocycles. The summed E-state index contributed by atoms with van der Waals surface area (Å²) >= 11 is 11.8. The predicted molar refractivity (Wildman–Crippen MR) is 68.5 cm³/mol. The van der Waals surface area contributed by atoms with Gasteiger partial charge in [-0.2, -0.15) is 0 Å². The average molecular weight is 386 g/mol. The summed E-state index contributed by atoms with van der Waals surface area (Å²) in [6.45, 7) is 0. The van der Waals surface area contributed by atoms with Crippen molar-refractivity contribution in [1.82, 2.24) is 0 Å². The summed E-state index contributed by atoms with van der Waals surface area (Å²) in [7, 11) is 0. The van der Waals surface area contributed by atoms with E-state index in [1.807, 2.05) is 0 Å². The molecule has 0 amide bonds. The molecule has 0 radical (unpaired) electrons. The minimum atomic E-state index is -0.586. The summed E-state index contributed by atoms with van der Waals surface area (Å²) < 4.78 is 32.2. The Morgan fingerprint density at radius 2 is 1.88 bits per heavy atom. The van der Waals surface area contributed by atoms with Crippen molar-refractivity contribution in [3.05, 3.63) is 56.9 Å². The summed E-state index contributed by atoms with van der Waals surface area (Å²) in [6.07, 6.45) is 0. The molecule has 0 aliphatic carbocycles. The summed E-state index contributed by atoms with van der Waals surface area (Å²) in [5, 5.41) is 0.197. The summed E-state index contributed by atoms with van der Waals surface area (Å²) in [5.74, 6) is -0.660. The quantitative estimate of drug-likeness (QED) is 0.494. The van der Waals surface area contributed by atoms with E-state index in [1.165, 1.54) is 6.07 Å². The maximum Gasteiger partial charge on any atom is 0.193 e. The van der Waals surface area contributed by atoms with Crippen LogP contribution >= 0.6 is 43.5 Å². The standard InChI is InChI=1S/C11H5Br2ClF2O/c12-6-4-7(15)5(3-8(6)16)11(13)9-1-2-10(14)17-9/h1-4,11H. The zero-order chi connectivity index (χ0) is 12.6. The number of hydrogen-bond donors (Lipinski definition) is 0. The lowest BCUT2D eigenvalue weighted by atomic mass is 10.1. The fourth-order valence-corrected chi connectivity index (χ4v) is 2.41. The van der Waals surface area contributed by atoms with Gasteiger partial charge in [-0.1, -0.05) is 15.9 Å². The van der Waals surface area contributed by atoms with E-state index in [-0.39, 0.29) is 15.3 Å². The van der Waals surface area contributed by atoms with Gasteiger partial charge in [0.25, 0.3) is 0 Å². The van der Waals surface area contributed by atoms with Gasteiger partial charge in [-0.15, -0.1) is 0 Å². The van der Waals surface area contributed by atoms with Crippen LogP contribution in [0.25, 0.3) is 0 Å². The number of rotatable bonds is 2. The predicted octanol–water partition coefficient (Wildman–Crippen LogP) is 5.46. The van der Waals surface area contributed by atoms with Crippen molar-refractivity contribution >= 4 is 43.5 Å². The maximum absolute atomic E-state index is 13.7.